The van der Waals surface area contributed by atoms with Crippen molar-refractivity contribution in [2.75, 3.05) is 19.6 Å². The van der Waals surface area contributed by atoms with Crippen LogP contribution in [0, 0.1) is 11.3 Å². The quantitative estimate of drug-likeness (QED) is 0.883. The predicted molar refractivity (Wildman–Crippen MR) is 74.6 cm³/mol. The average molecular weight is 302 g/mol. The van der Waals surface area contributed by atoms with E-state index in [0.717, 1.165) is 0 Å². The Balaban J connectivity index is 0.00000180. The summed E-state index contributed by atoms with van der Waals surface area (Å²) in [6.45, 7) is 3.69. The first-order valence-corrected chi connectivity index (χ1v) is 7.22. The maximum Gasteiger partial charge on any atom is 0.243 e. The molecule has 104 valence electrons. The second-order valence-electron chi connectivity index (χ2n) is 4.31. The number of halogens is 1. The highest BCUT2D eigenvalue weighted by Gasteiger charge is 2.30. The minimum absolute atomic E-state index is 0. The van der Waals surface area contributed by atoms with E-state index in [4.69, 9.17) is 5.26 Å². The molecule has 1 aliphatic rings. The number of hydrogen-bond acceptors (Lipinski definition) is 4. The number of nitrogens with one attached hydrogen (secondary N) is 1. The number of nitriles is 1. The van der Waals surface area contributed by atoms with Crippen molar-refractivity contribution in [3.63, 3.8) is 0 Å². The van der Waals surface area contributed by atoms with Gasteiger partial charge in [-0.2, -0.15) is 9.57 Å². The third-order valence-electron chi connectivity index (χ3n) is 3.03. The van der Waals surface area contributed by atoms with Crippen LogP contribution in [0.2, 0.25) is 0 Å². The lowest BCUT2D eigenvalue weighted by Crippen LogP contribution is -2.52. The Bertz CT molecular complexity index is 566. The summed E-state index contributed by atoms with van der Waals surface area (Å²) in [7, 11) is -3.45. The molecule has 0 amide bonds. The van der Waals surface area contributed by atoms with Crippen molar-refractivity contribution in [3.8, 4) is 6.07 Å². The molecule has 2 rings (SSSR count). The first kappa shape index (κ1) is 15.9. The van der Waals surface area contributed by atoms with Crippen LogP contribution in [0.15, 0.2) is 29.2 Å². The van der Waals surface area contributed by atoms with E-state index in [1.807, 2.05) is 13.0 Å². The van der Waals surface area contributed by atoms with Crippen LogP contribution in [0.25, 0.3) is 0 Å². The molecule has 19 heavy (non-hydrogen) atoms. The predicted octanol–water partition coefficient (Wildman–Crippen LogP) is 0.962. The Kier molecular flexibility index (Phi) is 5.32. The highest BCUT2D eigenvalue weighted by molar-refractivity contribution is 7.89. The molecule has 1 atom stereocenters. The average Bonchev–Trinajstić information content (AvgIpc) is 2.39. The molecular formula is C12H16ClN3O2S. The van der Waals surface area contributed by atoms with Gasteiger partial charge >= 0.3 is 0 Å². The zero-order valence-corrected chi connectivity index (χ0v) is 12.2. The zero-order chi connectivity index (χ0) is 13.2. The van der Waals surface area contributed by atoms with Crippen LogP contribution in [0.4, 0.5) is 0 Å². The SMILES string of the molecule is C[C@@H]1CNCCN1S(=O)(=O)c1ccc(C#N)cc1.Cl. The lowest BCUT2D eigenvalue weighted by Gasteiger charge is -2.32. The van der Waals surface area contributed by atoms with E-state index >= 15 is 0 Å². The summed E-state index contributed by atoms with van der Waals surface area (Å²) >= 11 is 0. The fraction of sp³-hybridized carbons (Fsp3) is 0.417. The molecule has 5 nitrogen and oxygen atoms in total. The van der Waals surface area contributed by atoms with Gasteiger partial charge in [0.2, 0.25) is 10.0 Å². The number of sulfonamides is 1. The third-order valence-corrected chi connectivity index (χ3v) is 5.06. The molecular weight excluding hydrogens is 286 g/mol. The molecule has 1 aromatic carbocycles. The van der Waals surface area contributed by atoms with Crippen molar-refractivity contribution in [2.24, 2.45) is 0 Å². The van der Waals surface area contributed by atoms with Crippen LogP contribution in [0.3, 0.4) is 0 Å². The summed E-state index contributed by atoms with van der Waals surface area (Å²) in [6, 6.07) is 7.95. The van der Waals surface area contributed by atoms with Gasteiger partial charge in [-0.1, -0.05) is 0 Å². The normalized spacial score (nSPS) is 20.3. The number of nitrogens with zero attached hydrogens (tertiary/aromatic N) is 2. The molecule has 1 heterocycles. The van der Waals surface area contributed by atoms with Crippen LogP contribution in [-0.2, 0) is 10.0 Å². The fourth-order valence-electron chi connectivity index (χ4n) is 2.02. The molecule has 0 aliphatic carbocycles. The molecule has 0 aromatic heterocycles. The van der Waals surface area contributed by atoms with E-state index in [-0.39, 0.29) is 23.3 Å². The van der Waals surface area contributed by atoms with Gasteiger partial charge in [-0.25, -0.2) is 8.42 Å². The van der Waals surface area contributed by atoms with Gasteiger partial charge in [-0.15, -0.1) is 12.4 Å². The number of piperazine rings is 1. The first-order chi connectivity index (χ1) is 8.55. The maximum absolute atomic E-state index is 12.4. The van der Waals surface area contributed by atoms with E-state index in [1.165, 1.54) is 28.6 Å². The van der Waals surface area contributed by atoms with Gasteiger partial charge in [0.25, 0.3) is 0 Å². The Morgan fingerprint density at radius 3 is 2.53 bits per heavy atom. The second kappa shape index (κ2) is 6.35. The Morgan fingerprint density at radius 2 is 2.00 bits per heavy atom. The molecule has 7 heteroatoms. The minimum Gasteiger partial charge on any atom is -0.314 e. The Labute approximate surface area is 119 Å². The molecule has 1 fully saturated rings. The molecule has 1 N–H and O–H groups in total. The fourth-order valence-corrected chi connectivity index (χ4v) is 3.65. The lowest BCUT2D eigenvalue weighted by molar-refractivity contribution is 0.284. The van der Waals surface area contributed by atoms with E-state index in [1.54, 1.807) is 0 Å². The molecule has 0 saturated carbocycles. The van der Waals surface area contributed by atoms with Crippen molar-refractivity contribution in [3.05, 3.63) is 29.8 Å². The number of benzene rings is 1. The molecule has 1 aromatic rings. The number of rotatable bonds is 2. The van der Waals surface area contributed by atoms with Crippen molar-refractivity contribution >= 4 is 22.4 Å². The van der Waals surface area contributed by atoms with Gasteiger partial charge in [-0.3, -0.25) is 0 Å². The van der Waals surface area contributed by atoms with E-state index in [0.29, 0.717) is 25.2 Å². The van der Waals surface area contributed by atoms with Crippen LogP contribution >= 0.6 is 12.4 Å². The molecule has 0 spiro atoms. The zero-order valence-electron chi connectivity index (χ0n) is 10.5. The molecule has 1 saturated heterocycles. The van der Waals surface area contributed by atoms with Crippen LogP contribution in [0.1, 0.15) is 12.5 Å². The van der Waals surface area contributed by atoms with Crippen molar-refractivity contribution in [2.45, 2.75) is 17.9 Å². The van der Waals surface area contributed by atoms with Gasteiger partial charge in [0, 0.05) is 25.7 Å². The first-order valence-electron chi connectivity index (χ1n) is 5.78. The smallest absolute Gasteiger partial charge is 0.243 e. The highest BCUT2D eigenvalue weighted by atomic mass is 35.5. The molecule has 1 aliphatic heterocycles. The maximum atomic E-state index is 12.4. The van der Waals surface area contributed by atoms with E-state index in [9.17, 15) is 8.42 Å². The third kappa shape index (κ3) is 3.25. The van der Waals surface area contributed by atoms with Gasteiger partial charge in [0.05, 0.1) is 16.5 Å². The van der Waals surface area contributed by atoms with Crippen LogP contribution < -0.4 is 5.32 Å². The molecule has 0 bridgehead atoms. The molecule has 0 unspecified atom stereocenters. The summed E-state index contributed by atoms with van der Waals surface area (Å²) in [5.74, 6) is 0. The number of hydrogen-bond donors (Lipinski definition) is 1. The summed E-state index contributed by atoms with van der Waals surface area (Å²) in [5.41, 5.74) is 0.460. The van der Waals surface area contributed by atoms with E-state index < -0.39 is 10.0 Å². The summed E-state index contributed by atoms with van der Waals surface area (Å²) in [4.78, 5) is 0.246. The summed E-state index contributed by atoms with van der Waals surface area (Å²) in [5, 5.41) is 11.9. The largest absolute Gasteiger partial charge is 0.314 e. The topological polar surface area (TPSA) is 73.2 Å². The monoisotopic (exact) mass is 301 g/mol. The van der Waals surface area contributed by atoms with Gasteiger partial charge < -0.3 is 5.32 Å². The van der Waals surface area contributed by atoms with Crippen LogP contribution in [0.5, 0.6) is 0 Å². The highest BCUT2D eigenvalue weighted by Crippen LogP contribution is 2.19. The van der Waals surface area contributed by atoms with Crippen molar-refractivity contribution in [1.82, 2.24) is 9.62 Å². The van der Waals surface area contributed by atoms with Gasteiger partial charge in [0.1, 0.15) is 0 Å². The Hall–Kier alpha value is -1.13. The Morgan fingerprint density at radius 1 is 1.37 bits per heavy atom. The second-order valence-corrected chi connectivity index (χ2v) is 6.20. The van der Waals surface area contributed by atoms with Crippen molar-refractivity contribution < 1.29 is 8.42 Å². The van der Waals surface area contributed by atoms with Crippen LogP contribution in [-0.4, -0.2) is 38.4 Å². The van der Waals surface area contributed by atoms with E-state index in [2.05, 4.69) is 5.32 Å². The van der Waals surface area contributed by atoms with Gasteiger partial charge in [0.15, 0.2) is 0 Å². The minimum atomic E-state index is -3.45. The lowest BCUT2D eigenvalue weighted by atomic mass is 10.2. The molecule has 0 radical (unpaired) electrons. The summed E-state index contributed by atoms with van der Waals surface area (Å²) in [6.07, 6.45) is 0. The van der Waals surface area contributed by atoms with Gasteiger partial charge in [-0.05, 0) is 31.2 Å². The summed E-state index contributed by atoms with van der Waals surface area (Å²) < 4.78 is 26.3. The standard InChI is InChI=1S/C12H15N3O2S.ClH/c1-10-9-14-6-7-15(10)18(16,17)12-4-2-11(8-13)3-5-12;/h2-5,10,14H,6-7,9H2,1H3;1H/t10-;/m1./s1. The van der Waals surface area contributed by atoms with Crippen molar-refractivity contribution in [1.29, 1.82) is 5.26 Å².